The minimum absolute atomic E-state index is 0.377. The molecule has 20 heavy (non-hydrogen) atoms. The van der Waals surface area contributed by atoms with E-state index in [4.69, 9.17) is 22.1 Å². The quantitative estimate of drug-likeness (QED) is 0.786. The summed E-state index contributed by atoms with van der Waals surface area (Å²) in [4.78, 5) is 4.46. The van der Waals surface area contributed by atoms with Crippen molar-refractivity contribution in [2.45, 2.75) is 6.54 Å². The second-order valence-electron chi connectivity index (χ2n) is 4.40. The molecule has 3 aromatic rings. The van der Waals surface area contributed by atoms with Gasteiger partial charge in [0.05, 0.1) is 5.69 Å². The van der Waals surface area contributed by atoms with Gasteiger partial charge in [-0.25, -0.2) is 4.98 Å². The number of rotatable bonds is 3. The first kappa shape index (κ1) is 12.9. The van der Waals surface area contributed by atoms with Crippen LogP contribution in [0.1, 0.15) is 5.69 Å². The van der Waals surface area contributed by atoms with E-state index in [1.165, 1.54) is 0 Å². The third-order valence-electron chi connectivity index (χ3n) is 3.00. The molecular formula is C16H13ClN2O. The average molecular weight is 285 g/mol. The number of nitrogens with two attached hydrogens (primary N) is 1. The lowest BCUT2D eigenvalue weighted by Crippen LogP contribution is -2.01. The van der Waals surface area contributed by atoms with Gasteiger partial charge in [-0.15, -0.1) is 0 Å². The molecule has 0 aliphatic heterocycles. The van der Waals surface area contributed by atoms with E-state index < -0.39 is 0 Å². The van der Waals surface area contributed by atoms with Crippen LogP contribution in [0.25, 0.3) is 10.8 Å². The molecule has 0 spiro atoms. The third kappa shape index (κ3) is 2.59. The van der Waals surface area contributed by atoms with Crippen molar-refractivity contribution in [1.29, 1.82) is 0 Å². The normalized spacial score (nSPS) is 10.7. The van der Waals surface area contributed by atoms with Gasteiger partial charge in [0.1, 0.15) is 5.75 Å². The Bertz CT molecular complexity index is 741. The molecule has 1 aromatic heterocycles. The Kier molecular flexibility index (Phi) is 3.54. The van der Waals surface area contributed by atoms with E-state index in [0.29, 0.717) is 23.2 Å². The average Bonchev–Trinajstić information content (AvgIpc) is 2.49. The van der Waals surface area contributed by atoms with Crippen molar-refractivity contribution in [1.82, 2.24) is 4.98 Å². The second kappa shape index (κ2) is 5.49. The van der Waals surface area contributed by atoms with E-state index in [-0.39, 0.29) is 0 Å². The van der Waals surface area contributed by atoms with Crippen LogP contribution in [0.3, 0.4) is 0 Å². The van der Waals surface area contributed by atoms with Gasteiger partial charge < -0.3 is 10.5 Å². The summed E-state index contributed by atoms with van der Waals surface area (Å²) in [5, 5.41) is 2.69. The second-order valence-corrected chi connectivity index (χ2v) is 4.84. The highest BCUT2D eigenvalue weighted by atomic mass is 35.5. The van der Waals surface area contributed by atoms with Crippen LogP contribution in [0, 0.1) is 0 Å². The summed E-state index contributed by atoms with van der Waals surface area (Å²) in [6, 6.07) is 17.1. The molecule has 2 aromatic carbocycles. The fourth-order valence-electron chi connectivity index (χ4n) is 2.02. The summed E-state index contributed by atoms with van der Waals surface area (Å²) in [6.45, 7) is 0.377. The summed E-state index contributed by atoms with van der Waals surface area (Å²) < 4.78 is 5.86. The number of hydrogen-bond donors (Lipinski definition) is 1. The molecule has 0 amide bonds. The van der Waals surface area contributed by atoms with Gasteiger partial charge in [0, 0.05) is 17.0 Å². The molecule has 0 bridgehead atoms. The zero-order chi connectivity index (χ0) is 13.9. The number of halogens is 1. The predicted octanol–water partition coefficient (Wildman–Crippen LogP) is 4.14. The highest BCUT2D eigenvalue weighted by molar-refractivity contribution is 6.30. The van der Waals surface area contributed by atoms with Crippen LogP contribution in [0.4, 0.5) is 0 Å². The summed E-state index contributed by atoms with van der Waals surface area (Å²) in [6.07, 6.45) is 0. The van der Waals surface area contributed by atoms with E-state index in [2.05, 4.69) is 4.98 Å². The van der Waals surface area contributed by atoms with E-state index in [0.717, 1.165) is 16.5 Å². The molecule has 3 nitrogen and oxygen atoms in total. The van der Waals surface area contributed by atoms with Crippen LogP contribution in [0.2, 0.25) is 5.02 Å². The summed E-state index contributed by atoms with van der Waals surface area (Å²) in [7, 11) is 0. The van der Waals surface area contributed by atoms with Crippen LogP contribution in [-0.4, -0.2) is 4.98 Å². The van der Waals surface area contributed by atoms with Gasteiger partial charge in [-0.2, -0.15) is 0 Å². The fraction of sp³-hybridized carbons (Fsp3) is 0.0625. The molecule has 0 fully saturated rings. The fourth-order valence-corrected chi connectivity index (χ4v) is 2.14. The molecule has 0 aliphatic rings. The lowest BCUT2D eigenvalue weighted by Gasteiger charge is -2.10. The Hall–Kier alpha value is -2.10. The van der Waals surface area contributed by atoms with Crippen LogP contribution in [0.5, 0.6) is 11.6 Å². The molecule has 0 saturated carbocycles. The number of benzene rings is 2. The standard InChI is InChI=1S/C16H13ClN2O/c17-12-5-7-14(8-6-12)20-16-15-4-2-1-3-11(15)9-13(10-18)19-16/h1-9H,10,18H2. The predicted molar refractivity (Wildman–Crippen MR) is 81.2 cm³/mol. The summed E-state index contributed by atoms with van der Waals surface area (Å²) in [5.41, 5.74) is 6.49. The van der Waals surface area contributed by atoms with E-state index in [1.807, 2.05) is 42.5 Å². The van der Waals surface area contributed by atoms with Crippen LogP contribution in [-0.2, 0) is 6.54 Å². The topological polar surface area (TPSA) is 48.1 Å². The highest BCUT2D eigenvalue weighted by Crippen LogP contribution is 2.29. The number of ether oxygens (including phenoxy) is 1. The first-order valence-corrected chi connectivity index (χ1v) is 6.66. The summed E-state index contributed by atoms with van der Waals surface area (Å²) in [5.74, 6) is 1.26. The van der Waals surface area contributed by atoms with Crippen molar-refractivity contribution in [3.63, 3.8) is 0 Å². The third-order valence-corrected chi connectivity index (χ3v) is 3.25. The molecule has 0 atom stereocenters. The van der Waals surface area contributed by atoms with Gasteiger partial charge in [-0.1, -0.05) is 29.8 Å². The molecule has 3 rings (SSSR count). The molecule has 0 saturated heterocycles. The smallest absolute Gasteiger partial charge is 0.227 e. The Balaban J connectivity index is 2.07. The van der Waals surface area contributed by atoms with E-state index in [9.17, 15) is 0 Å². The van der Waals surface area contributed by atoms with Crippen LogP contribution in [0.15, 0.2) is 54.6 Å². The Morgan fingerprint density at radius 1 is 1.05 bits per heavy atom. The Morgan fingerprint density at radius 2 is 1.80 bits per heavy atom. The lowest BCUT2D eigenvalue weighted by atomic mass is 10.1. The zero-order valence-corrected chi connectivity index (χ0v) is 11.5. The van der Waals surface area contributed by atoms with Gasteiger partial charge in [-0.05, 0) is 41.8 Å². The minimum Gasteiger partial charge on any atom is -0.438 e. The van der Waals surface area contributed by atoms with Crippen LogP contribution < -0.4 is 10.5 Å². The molecule has 1 heterocycles. The maximum Gasteiger partial charge on any atom is 0.227 e. The molecule has 100 valence electrons. The van der Waals surface area contributed by atoms with Crippen molar-refractivity contribution < 1.29 is 4.74 Å². The van der Waals surface area contributed by atoms with Gasteiger partial charge >= 0.3 is 0 Å². The largest absolute Gasteiger partial charge is 0.438 e. The van der Waals surface area contributed by atoms with Crippen LogP contribution >= 0.6 is 11.6 Å². The molecule has 0 radical (unpaired) electrons. The van der Waals surface area contributed by atoms with Crippen molar-refractivity contribution in [3.05, 3.63) is 65.3 Å². The maximum absolute atomic E-state index is 5.87. The number of pyridine rings is 1. The van der Waals surface area contributed by atoms with E-state index >= 15 is 0 Å². The molecule has 4 heteroatoms. The molecule has 0 aliphatic carbocycles. The molecule has 2 N–H and O–H groups in total. The first-order valence-electron chi connectivity index (χ1n) is 6.28. The maximum atomic E-state index is 5.87. The number of fused-ring (bicyclic) bond motifs is 1. The molecular weight excluding hydrogens is 272 g/mol. The van der Waals surface area contributed by atoms with E-state index in [1.54, 1.807) is 12.1 Å². The number of aromatic nitrogens is 1. The minimum atomic E-state index is 0.377. The summed E-state index contributed by atoms with van der Waals surface area (Å²) >= 11 is 5.87. The SMILES string of the molecule is NCc1cc2ccccc2c(Oc2ccc(Cl)cc2)n1. The zero-order valence-electron chi connectivity index (χ0n) is 10.7. The van der Waals surface area contributed by atoms with Gasteiger partial charge in [-0.3, -0.25) is 0 Å². The van der Waals surface area contributed by atoms with Crippen molar-refractivity contribution >= 4 is 22.4 Å². The monoisotopic (exact) mass is 284 g/mol. The Labute approximate surface area is 122 Å². The van der Waals surface area contributed by atoms with Gasteiger partial charge in [0.15, 0.2) is 0 Å². The van der Waals surface area contributed by atoms with Gasteiger partial charge in [0.25, 0.3) is 0 Å². The first-order chi connectivity index (χ1) is 9.76. The van der Waals surface area contributed by atoms with Crippen molar-refractivity contribution in [2.75, 3.05) is 0 Å². The van der Waals surface area contributed by atoms with Crippen molar-refractivity contribution in [3.8, 4) is 11.6 Å². The molecule has 0 unspecified atom stereocenters. The lowest BCUT2D eigenvalue weighted by molar-refractivity contribution is 0.467. The number of nitrogens with zero attached hydrogens (tertiary/aromatic N) is 1. The highest BCUT2D eigenvalue weighted by Gasteiger charge is 2.07. The van der Waals surface area contributed by atoms with Crippen molar-refractivity contribution in [2.24, 2.45) is 5.73 Å². The van der Waals surface area contributed by atoms with Gasteiger partial charge in [0.2, 0.25) is 5.88 Å². The Morgan fingerprint density at radius 3 is 2.55 bits per heavy atom. The number of hydrogen-bond acceptors (Lipinski definition) is 3.